The van der Waals surface area contributed by atoms with Crippen molar-refractivity contribution in [3.8, 4) is 0 Å². The molecule has 9 heteroatoms. The van der Waals surface area contributed by atoms with Gasteiger partial charge in [0.1, 0.15) is 17.2 Å². The van der Waals surface area contributed by atoms with Crippen molar-refractivity contribution in [3.63, 3.8) is 0 Å². The van der Waals surface area contributed by atoms with Gasteiger partial charge in [-0.3, -0.25) is 19.3 Å². The van der Waals surface area contributed by atoms with Crippen molar-refractivity contribution < 1.29 is 22.9 Å². The van der Waals surface area contributed by atoms with Gasteiger partial charge in [0, 0.05) is 18.2 Å². The number of aryl methyl sites for hydroxylation is 1. The summed E-state index contributed by atoms with van der Waals surface area (Å²) in [5, 5.41) is 3.92. The standard InChI is InChI=1S/C24H16FN3O5/c1-3-27-16-7-5-4-6-15(16)24(23(27)31)19-20(29)14-11-13(25)8-9-17(14)32-21(19)22(30)28(24)18-10-12(2)33-26-18/h4-11H,3H2,1-2H3. The SMILES string of the molecule is CCN1C(=O)C2(c3ccccc31)c1c(oc3ccc(F)cc3c1=O)C(=O)N2c1cc(C)on1. The first-order valence-electron chi connectivity index (χ1n) is 10.4. The van der Waals surface area contributed by atoms with Crippen LogP contribution >= 0.6 is 0 Å². The molecule has 2 aliphatic heterocycles. The van der Waals surface area contributed by atoms with Gasteiger partial charge in [-0.2, -0.15) is 0 Å². The number of carbonyl (C=O) groups excluding carboxylic acids is 2. The van der Waals surface area contributed by atoms with E-state index >= 15 is 0 Å². The Bertz CT molecular complexity index is 1570. The zero-order valence-electron chi connectivity index (χ0n) is 17.6. The number of para-hydroxylation sites is 1. The molecule has 0 saturated carbocycles. The quantitative estimate of drug-likeness (QED) is 0.469. The molecule has 4 aromatic rings. The molecule has 33 heavy (non-hydrogen) atoms. The van der Waals surface area contributed by atoms with Gasteiger partial charge >= 0.3 is 0 Å². The van der Waals surface area contributed by atoms with E-state index in [0.717, 1.165) is 17.0 Å². The van der Waals surface area contributed by atoms with Crippen LogP contribution in [0.3, 0.4) is 0 Å². The summed E-state index contributed by atoms with van der Waals surface area (Å²) in [6, 6.07) is 11.9. The number of amides is 2. The Labute approximate surface area is 185 Å². The molecule has 2 aliphatic rings. The van der Waals surface area contributed by atoms with E-state index in [9.17, 15) is 18.8 Å². The second-order valence-corrected chi connectivity index (χ2v) is 7.99. The van der Waals surface area contributed by atoms with Crippen LogP contribution in [0.5, 0.6) is 0 Å². The number of hydrogen-bond acceptors (Lipinski definition) is 6. The molecular weight excluding hydrogens is 429 g/mol. The van der Waals surface area contributed by atoms with Gasteiger partial charge in [-0.25, -0.2) is 4.39 Å². The molecule has 0 bridgehead atoms. The molecule has 0 radical (unpaired) electrons. The number of rotatable bonds is 2. The van der Waals surface area contributed by atoms with Crippen molar-refractivity contribution in [1.29, 1.82) is 0 Å². The van der Waals surface area contributed by atoms with Crippen molar-refractivity contribution in [2.75, 3.05) is 16.3 Å². The Morgan fingerprint density at radius 2 is 1.88 bits per heavy atom. The van der Waals surface area contributed by atoms with Crippen LogP contribution in [0.1, 0.15) is 34.4 Å². The van der Waals surface area contributed by atoms with E-state index in [-0.39, 0.29) is 28.1 Å². The lowest BCUT2D eigenvalue weighted by Gasteiger charge is -2.32. The average Bonchev–Trinajstić information content (AvgIpc) is 3.41. The summed E-state index contributed by atoms with van der Waals surface area (Å²) in [6.07, 6.45) is 0. The maximum absolute atomic E-state index is 14.1. The molecule has 2 amide bonds. The number of aromatic nitrogens is 1. The molecule has 1 unspecified atom stereocenters. The van der Waals surface area contributed by atoms with E-state index in [1.807, 2.05) is 0 Å². The summed E-state index contributed by atoms with van der Waals surface area (Å²) in [4.78, 5) is 44.3. The third-order valence-corrected chi connectivity index (χ3v) is 6.25. The van der Waals surface area contributed by atoms with Crippen molar-refractivity contribution in [2.24, 2.45) is 0 Å². The molecule has 0 N–H and O–H groups in total. The van der Waals surface area contributed by atoms with Gasteiger partial charge in [0.15, 0.2) is 16.8 Å². The average molecular weight is 445 g/mol. The molecule has 6 rings (SSSR count). The first-order valence-corrected chi connectivity index (χ1v) is 10.4. The van der Waals surface area contributed by atoms with E-state index in [4.69, 9.17) is 8.94 Å². The number of anilines is 2. The Balaban J connectivity index is 1.81. The van der Waals surface area contributed by atoms with Crippen molar-refractivity contribution in [2.45, 2.75) is 19.4 Å². The highest BCUT2D eigenvalue weighted by molar-refractivity contribution is 6.24. The normalized spacial score (nSPS) is 19.1. The lowest BCUT2D eigenvalue weighted by Crippen LogP contribution is -2.53. The third-order valence-electron chi connectivity index (χ3n) is 6.25. The molecule has 8 nitrogen and oxygen atoms in total. The van der Waals surface area contributed by atoms with Crippen LogP contribution < -0.4 is 15.2 Å². The monoisotopic (exact) mass is 445 g/mol. The highest BCUT2D eigenvalue weighted by atomic mass is 19.1. The highest BCUT2D eigenvalue weighted by Gasteiger charge is 2.66. The lowest BCUT2D eigenvalue weighted by atomic mass is 9.84. The second-order valence-electron chi connectivity index (χ2n) is 7.99. The largest absolute Gasteiger partial charge is 0.450 e. The Morgan fingerprint density at radius 3 is 2.61 bits per heavy atom. The number of nitrogens with zero attached hydrogens (tertiary/aromatic N) is 3. The van der Waals surface area contributed by atoms with Gasteiger partial charge in [0.25, 0.3) is 11.8 Å². The van der Waals surface area contributed by atoms with E-state index in [1.165, 1.54) is 17.0 Å². The molecule has 164 valence electrons. The van der Waals surface area contributed by atoms with Gasteiger partial charge in [0.05, 0.1) is 16.6 Å². The zero-order valence-corrected chi connectivity index (χ0v) is 17.6. The van der Waals surface area contributed by atoms with Crippen LogP contribution in [0.25, 0.3) is 11.0 Å². The summed E-state index contributed by atoms with van der Waals surface area (Å²) < 4.78 is 25.1. The molecule has 0 aliphatic carbocycles. The highest BCUT2D eigenvalue weighted by Crippen LogP contribution is 2.53. The number of halogens is 1. The van der Waals surface area contributed by atoms with E-state index in [1.54, 1.807) is 38.1 Å². The fourth-order valence-electron chi connectivity index (χ4n) is 4.95. The van der Waals surface area contributed by atoms with Crippen molar-refractivity contribution in [3.05, 3.63) is 87.2 Å². The molecular formula is C24H16FN3O5. The molecule has 4 heterocycles. The summed E-state index contributed by atoms with van der Waals surface area (Å²) >= 11 is 0. The van der Waals surface area contributed by atoms with E-state index < -0.39 is 28.6 Å². The van der Waals surface area contributed by atoms with E-state index in [0.29, 0.717) is 23.6 Å². The predicted molar refractivity (Wildman–Crippen MR) is 116 cm³/mol. The Hall–Kier alpha value is -4.27. The minimum absolute atomic E-state index is 0.0490. The van der Waals surface area contributed by atoms with Crippen LogP contribution in [0.4, 0.5) is 15.9 Å². The third kappa shape index (κ3) is 2.23. The van der Waals surface area contributed by atoms with E-state index in [2.05, 4.69) is 5.16 Å². The topological polar surface area (TPSA) is 96.9 Å². The maximum atomic E-state index is 14.1. The summed E-state index contributed by atoms with van der Waals surface area (Å²) in [5.41, 5.74) is -1.61. The fourth-order valence-corrected chi connectivity index (χ4v) is 4.95. The first-order chi connectivity index (χ1) is 15.9. The van der Waals surface area contributed by atoms with Crippen molar-refractivity contribution in [1.82, 2.24) is 5.16 Å². The molecule has 1 spiro atoms. The number of hydrogen-bond donors (Lipinski definition) is 0. The summed E-state index contributed by atoms with van der Waals surface area (Å²) in [6.45, 7) is 3.76. The maximum Gasteiger partial charge on any atom is 0.297 e. The van der Waals surface area contributed by atoms with Gasteiger partial charge in [-0.05, 0) is 38.1 Å². The van der Waals surface area contributed by atoms with Crippen LogP contribution in [-0.2, 0) is 10.3 Å². The molecule has 2 aromatic carbocycles. The number of fused-ring (bicyclic) bond motifs is 5. The van der Waals surface area contributed by atoms with Gasteiger partial charge in [-0.15, -0.1) is 0 Å². The lowest BCUT2D eigenvalue weighted by molar-refractivity contribution is -0.121. The van der Waals surface area contributed by atoms with Crippen LogP contribution in [0, 0.1) is 12.7 Å². The zero-order chi connectivity index (χ0) is 23.1. The van der Waals surface area contributed by atoms with Gasteiger partial charge in [-0.1, -0.05) is 23.4 Å². The second kappa shape index (κ2) is 6.38. The smallest absolute Gasteiger partial charge is 0.297 e. The summed E-state index contributed by atoms with van der Waals surface area (Å²) in [5.74, 6) is -1.63. The van der Waals surface area contributed by atoms with Crippen LogP contribution in [0.15, 0.2) is 62.3 Å². The van der Waals surface area contributed by atoms with Crippen LogP contribution in [0.2, 0.25) is 0 Å². The summed E-state index contributed by atoms with van der Waals surface area (Å²) in [7, 11) is 0. The van der Waals surface area contributed by atoms with Gasteiger partial charge < -0.3 is 13.8 Å². The number of benzene rings is 2. The molecule has 0 fully saturated rings. The fraction of sp³-hybridized carbons (Fsp3) is 0.167. The first kappa shape index (κ1) is 19.4. The number of carbonyl (C=O) groups is 2. The van der Waals surface area contributed by atoms with Crippen LogP contribution in [-0.4, -0.2) is 23.5 Å². The number of likely N-dealkylation sites (N-methyl/N-ethyl adjacent to an activating group) is 1. The molecule has 2 aromatic heterocycles. The molecule has 1 atom stereocenters. The minimum atomic E-state index is -1.86. The Morgan fingerprint density at radius 1 is 1.09 bits per heavy atom. The van der Waals surface area contributed by atoms with Gasteiger partial charge in [0.2, 0.25) is 5.76 Å². The Kier molecular flexibility index (Phi) is 3.75. The molecule has 0 saturated heterocycles. The van der Waals surface area contributed by atoms with Crippen molar-refractivity contribution >= 4 is 34.3 Å². The predicted octanol–water partition coefficient (Wildman–Crippen LogP) is 3.50. The minimum Gasteiger partial charge on any atom is -0.450 e.